The van der Waals surface area contributed by atoms with E-state index in [4.69, 9.17) is 11.6 Å². The van der Waals surface area contributed by atoms with Crippen molar-refractivity contribution in [2.24, 2.45) is 0 Å². The topological polar surface area (TPSA) is 69.6 Å². The van der Waals surface area contributed by atoms with Gasteiger partial charge in [0.2, 0.25) is 5.91 Å². The number of rotatable bonds is 3. The normalized spacial score (nSPS) is 25.0. The first-order chi connectivity index (χ1) is 15.0. The average molecular weight is 441 g/mol. The van der Waals surface area contributed by atoms with Crippen molar-refractivity contribution in [2.75, 3.05) is 31.1 Å². The van der Waals surface area contributed by atoms with Crippen molar-refractivity contribution < 1.29 is 9.90 Å². The van der Waals surface area contributed by atoms with E-state index in [-0.39, 0.29) is 11.8 Å². The minimum atomic E-state index is -0.504. The van der Waals surface area contributed by atoms with Gasteiger partial charge in [0.1, 0.15) is 12.1 Å². The maximum Gasteiger partial charge on any atom is 0.233 e. The summed E-state index contributed by atoms with van der Waals surface area (Å²) in [6.45, 7) is 4.98. The van der Waals surface area contributed by atoms with Gasteiger partial charge in [0.05, 0.1) is 17.2 Å². The standard InChI is InChI=1S/C24H29ClN4O2/c1-16-14-19(30)21-20(16)22(27-15-26-21)28-10-12-29(13-11-28)23(31)24(8-2-3-9-24)17-4-6-18(25)7-5-17/h4-7,15-16,19,30H,2-3,8-14H2,1H3/t16-,19-/m1/s1. The smallest absolute Gasteiger partial charge is 0.233 e. The molecule has 1 aromatic carbocycles. The maximum absolute atomic E-state index is 13.7. The molecule has 1 aromatic heterocycles. The molecule has 1 saturated heterocycles. The van der Waals surface area contributed by atoms with Crippen LogP contribution in [0.4, 0.5) is 5.82 Å². The minimum absolute atomic E-state index is 0.243. The lowest BCUT2D eigenvalue weighted by Gasteiger charge is -2.41. The van der Waals surface area contributed by atoms with E-state index < -0.39 is 11.5 Å². The number of aliphatic hydroxyl groups excluding tert-OH is 1. The van der Waals surface area contributed by atoms with Crippen molar-refractivity contribution >= 4 is 23.3 Å². The highest BCUT2D eigenvalue weighted by Gasteiger charge is 2.45. The van der Waals surface area contributed by atoms with Crippen molar-refractivity contribution in [3.05, 3.63) is 52.4 Å². The van der Waals surface area contributed by atoms with Crippen molar-refractivity contribution in [3.63, 3.8) is 0 Å². The highest BCUT2D eigenvalue weighted by Crippen LogP contribution is 2.44. The molecule has 2 atom stereocenters. The van der Waals surface area contributed by atoms with Crippen molar-refractivity contribution in [1.82, 2.24) is 14.9 Å². The second kappa shape index (κ2) is 8.06. The van der Waals surface area contributed by atoms with Gasteiger partial charge in [0, 0.05) is 36.8 Å². The Morgan fingerprint density at radius 2 is 1.77 bits per heavy atom. The third-order valence-corrected chi connectivity index (χ3v) is 7.66. The molecule has 2 heterocycles. The minimum Gasteiger partial charge on any atom is -0.387 e. The summed E-state index contributed by atoms with van der Waals surface area (Å²) in [6, 6.07) is 7.85. The van der Waals surface area contributed by atoms with E-state index in [1.807, 2.05) is 29.2 Å². The number of carbonyl (C=O) groups is 1. The summed E-state index contributed by atoms with van der Waals surface area (Å²) in [7, 11) is 0. The van der Waals surface area contributed by atoms with Crippen LogP contribution in [0.15, 0.2) is 30.6 Å². The molecule has 3 aliphatic rings. The number of halogens is 1. The molecule has 2 aliphatic carbocycles. The first-order valence-corrected chi connectivity index (χ1v) is 11.7. The molecular weight excluding hydrogens is 412 g/mol. The number of fused-ring (bicyclic) bond motifs is 1. The lowest BCUT2D eigenvalue weighted by atomic mass is 9.77. The van der Waals surface area contributed by atoms with Crippen LogP contribution in [0, 0.1) is 0 Å². The Bertz CT molecular complexity index is 966. The second-order valence-electron chi connectivity index (χ2n) is 9.22. The van der Waals surface area contributed by atoms with Crippen LogP contribution in [0.25, 0.3) is 0 Å². The van der Waals surface area contributed by atoms with Crippen LogP contribution in [-0.2, 0) is 10.2 Å². The predicted molar refractivity (Wildman–Crippen MR) is 120 cm³/mol. The van der Waals surface area contributed by atoms with Crippen molar-refractivity contribution in [2.45, 2.75) is 56.5 Å². The SMILES string of the molecule is C[C@@H]1C[C@@H](O)c2ncnc(N3CCN(C(=O)C4(c5ccc(Cl)cc5)CCCC4)CC3)c21. The van der Waals surface area contributed by atoms with Gasteiger partial charge >= 0.3 is 0 Å². The molecule has 6 nitrogen and oxygen atoms in total. The van der Waals surface area contributed by atoms with E-state index in [0.717, 1.165) is 61.4 Å². The lowest BCUT2D eigenvalue weighted by Crippen LogP contribution is -2.54. The number of anilines is 1. The summed E-state index contributed by atoms with van der Waals surface area (Å²) in [6.07, 6.45) is 5.73. The number of benzene rings is 1. The fraction of sp³-hybridized carbons (Fsp3) is 0.542. The number of hydrogen-bond acceptors (Lipinski definition) is 5. The molecule has 1 N–H and O–H groups in total. The highest BCUT2D eigenvalue weighted by atomic mass is 35.5. The van der Waals surface area contributed by atoms with E-state index in [1.165, 1.54) is 0 Å². The van der Waals surface area contributed by atoms with E-state index in [1.54, 1.807) is 6.33 Å². The van der Waals surface area contributed by atoms with E-state index in [9.17, 15) is 9.90 Å². The molecule has 2 fully saturated rings. The van der Waals surface area contributed by atoms with E-state index >= 15 is 0 Å². The van der Waals surface area contributed by atoms with Gasteiger partial charge < -0.3 is 14.9 Å². The van der Waals surface area contributed by atoms with Gasteiger partial charge in [-0.05, 0) is 42.9 Å². The van der Waals surface area contributed by atoms with Gasteiger partial charge in [-0.1, -0.05) is 43.5 Å². The van der Waals surface area contributed by atoms with Crippen molar-refractivity contribution in [3.8, 4) is 0 Å². The quantitative estimate of drug-likeness (QED) is 0.785. The Hall–Kier alpha value is -2.18. The number of aliphatic hydroxyl groups is 1. The van der Waals surface area contributed by atoms with Crippen LogP contribution < -0.4 is 4.90 Å². The van der Waals surface area contributed by atoms with Crippen LogP contribution in [-0.4, -0.2) is 52.1 Å². The summed E-state index contributed by atoms with van der Waals surface area (Å²) in [5.74, 6) is 1.42. The molecule has 0 radical (unpaired) electrons. The van der Waals surface area contributed by atoms with Gasteiger partial charge in [0.15, 0.2) is 0 Å². The zero-order chi connectivity index (χ0) is 21.6. The monoisotopic (exact) mass is 440 g/mol. The van der Waals surface area contributed by atoms with Crippen LogP contribution in [0.2, 0.25) is 5.02 Å². The van der Waals surface area contributed by atoms with Crippen LogP contribution >= 0.6 is 11.6 Å². The zero-order valence-electron chi connectivity index (χ0n) is 17.9. The summed E-state index contributed by atoms with van der Waals surface area (Å²) < 4.78 is 0. The Kier molecular flexibility index (Phi) is 5.39. The first kappa shape index (κ1) is 20.7. The average Bonchev–Trinajstić information content (AvgIpc) is 3.40. The first-order valence-electron chi connectivity index (χ1n) is 11.3. The molecule has 0 spiro atoms. The second-order valence-corrected chi connectivity index (χ2v) is 9.66. The molecule has 7 heteroatoms. The number of carbonyl (C=O) groups excluding carboxylic acids is 1. The third-order valence-electron chi connectivity index (χ3n) is 7.41. The number of piperazine rings is 1. The number of hydrogen-bond donors (Lipinski definition) is 1. The predicted octanol–water partition coefficient (Wildman–Crippen LogP) is 3.83. The molecule has 1 aliphatic heterocycles. The van der Waals surface area contributed by atoms with Crippen LogP contribution in [0.5, 0.6) is 0 Å². The summed E-state index contributed by atoms with van der Waals surface area (Å²) in [4.78, 5) is 26.9. The molecule has 2 aromatic rings. The fourth-order valence-corrected chi connectivity index (χ4v) is 5.88. The van der Waals surface area contributed by atoms with Gasteiger partial charge in [-0.3, -0.25) is 4.79 Å². The van der Waals surface area contributed by atoms with Gasteiger partial charge in [-0.15, -0.1) is 0 Å². The molecule has 0 bridgehead atoms. The summed E-state index contributed by atoms with van der Waals surface area (Å²) in [5.41, 5.74) is 2.52. The van der Waals surface area contributed by atoms with Crippen LogP contribution in [0.3, 0.4) is 0 Å². The molecule has 0 unspecified atom stereocenters. The molecule has 1 saturated carbocycles. The van der Waals surface area contributed by atoms with Gasteiger partial charge in [0.25, 0.3) is 0 Å². The summed E-state index contributed by atoms with van der Waals surface area (Å²) in [5, 5.41) is 11.0. The molecule has 164 valence electrons. The lowest BCUT2D eigenvalue weighted by molar-refractivity contribution is -0.137. The van der Waals surface area contributed by atoms with Crippen LogP contribution in [0.1, 0.15) is 67.9 Å². The Balaban J connectivity index is 1.34. The number of nitrogens with zero attached hydrogens (tertiary/aromatic N) is 4. The number of amides is 1. The number of aromatic nitrogens is 2. The Labute approximate surface area is 188 Å². The zero-order valence-corrected chi connectivity index (χ0v) is 18.7. The molecule has 5 rings (SSSR count). The fourth-order valence-electron chi connectivity index (χ4n) is 5.75. The van der Waals surface area contributed by atoms with E-state index in [0.29, 0.717) is 24.5 Å². The summed E-state index contributed by atoms with van der Waals surface area (Å²) >= 11 is 6.10. The highest BCUT2D eigenvalue weighted by molar-refractivity contribution is 6.30. The Morgan fingerprint density at radius 3 is 2.45 bits per heavy atom. The molecule has 31 heavy (non-hydrogen) atoms. The largest absolute Gasteiger partial charge is 0.387 e. The Morgan fingerprint density at radius 1 is 1.10 bits per heavy atom. The molecular formula is C24H29ClN4O2. The maximum atomic E-state index is 13.7. The van der Waals surface area contributed by atoms with Gasteiger partial charge in [-0.25, -0.2) is 9.97 Å². The van der Waals surface area contributed by atoms with Gasteiger partial charge in [-0.2, -0.15) is 0 Å². The van der Waals surface area contributed by atoms with E-state index in [2.05, 4.69) is 21.8 Å². The molecule has 1 amide bonds. The van der Waals surface area contributed by atoms with Crippen molar-refractivity contribution in [1.29, 1.82) is 0 Å². The third kappa shape index (κ3) is 3.50.